The van der Waals surface area contributed by atoms with Gasteiger partial charge in [0.15, 0.2) is 5.96 Å². The van der Waals surface area contributed by atoms with E-state index in [4.69, 9.17) is 14.2 Å². The lowest BCUT2D eigenvalue weighted by Crippen LogP contribution is -2.38. The van der Waals surface area contributed by atoms with Crippen LogP contribution in [0.5, 0.6) is 11.5 Å². The molecule has 0 fully saturated rings. The summed E-state index contributed by atoms with van der Waals surface area (Å²) < 4.78 is 15.5. The number of halogens is 1. The largest absolute Gasteiger partial charge is 0.496 e. The fourth-order valence-electron chi connectivity index (χ4n) is 3.05. The van der Waals surface area contributed by atoms with Crippen molar-refractivity contribution in [2.24, 2.45) is 4.99 Å². The second-order valence-corrected chi connectivity index (χ2v) is 6.71. The number of aryl methyl sites for hydroxylation is 1. The van der Waals surface area contributed by atoms with Crippen molar-refractivity contribution in [2.75, 3.05) is 34.4 Å². The first kappa shape index (κ1) is 26.5. The Morgan fingerprint density at radius 1 is 1.00 bits per heavy atom. The zero-order chi connectivity index (χ0) is 21.9. The number of benzene rings is 2. The smallest absolute Gasteiger partial charge is 0.341 e. The first-order valence-electron chi connectivity index (χ1n) is 9.93. The average molecular weight is 541 g/mol. The van der Waals surface area contributed by atoms with Crippen LogP contribution in [0.15, 0.2) is 41.4 Å². The molecule has 7 nitrogen and oxygen atoms in total. The van der Waals surface area contributed by atoms with Crippen LogP contribution >= 0.6 is 24.0 Å². The first-order valence-corrected chi connectivity index (χ1v) is 9.93. The van der Waals surface area contributed by atoms with Crippen LogP contribution in [0.4, 0.5) is 0 Å². The molecule has 0 unspecified atom stereocenters. The van der Waals surface area contributed by atoms with Crippen molar-refractivity contribution in [1.82, 2.24) is 10.6 Å². The summed E-state index contributed by atoms with van der Waals surface area (Å²) in [5, 5.41) is 6.59. The Morgan fingerprint density at radius 2 is 1.71 bits per heavy atom. The molecule has 2 aromatic rings. The van der Waals surface area contributed by atoms with E-state index < -0.39 is 5.97 Å². The second kappa shape index (κ2) is 13.7. The summed E-state index contributed by atoms with van der Waals surface area (Å²) in [6.07, 6.45) is 0.810. The van der Waals surface area contributed by atoms with Gasteiger partial charge in [-0.05, 0) is 49.6 Å². The Hall–Kier alpha value is -2.49. The van der Waals surface area contributed by atoms with Crippen LogP contribution in [0.25, 0.3) is 0 Å². The highest BCUT2D eigenvalue weighted by atomic mass is 127. The molecule has 2 rings (SSSR count). The van der Waals surface area contributed by atoms with Crippen LogP contribution in [0, 0.1) is 6.92 Å². The molecule has 0 radical (unpaired) electrons. The number of aliphatic imine (C=N–C) groups is 1. The monoisotopic (exact) mass is 541 g/mol. The van der Waals surface area contributed by atoms with Crippen molar-refractivity contribution in [3.63, 3.8) is 0 Å². The van der Waals surface area contributed by atoms with Crippen LogP contribution in [0.2, 0.25) is 0 Å². The number of rotatable bonds is 9. The Balaban J connectivity index is 0.00000480. The normalized spacial score (nSPS) is 10.7. The summed E-state index contributed by atoms with van der Waals surface area (Å²) in [6.45, 7) is 5.96. The van der Waals surface area contributed by atoms with Gasteiger partial charge in [0.2, 0.25) is 0 Å². The highest BCUT2D eigenvalue weighted by Gasteiger charge is 2.13. The zero-order valence-electron chi connectivity index (χ0n) is 18.8. The topological polar surface area (TPSA) is 81.2 Å². The maximum absolute atomic E-state index is 12.0. The van der Waals surface area contributed by atoms with Gasteiger partial charge in [-0.25, -0.2) is 9.79 Å². The molecule has 0 aromatic heterocycles. The number of carbonyl (C=O) groups excluding carboxylic acids is 1. The van der Waals surface area contributed by atoms with E-state index in [-0.39, 0.29) is 24.0 Å². The molecule has 31 heavy (non-hydrogen) atoms. The van der Waals surface area contributed by atoms with Crippen LogP contribution in [0.1, 0.15) is 34.0 Å². The molecule has 2 N–H and O–H groups in total. The molecule has 0 saturated heterocycles. The maximum atomic E-state index is 12.0. The van der Waals surface area contributed by atoms with Crippen LogP contribution < -0.4 is 20.1 Å². The van der Waals surface area contributed by atoms with Crippen molar-refractivity contribution in [3.8, 4) is 11.5 Å². The standard InChI is InChI=1S/C23H31N3O4.HI/c1-6-24-23(25-12-11-18-13-16(2)7-9-20(18)28-3)26-15-17-8-10-21(29-4)19(14-17)22(27)30-5;/h7-10,13-14H,6,11-12,15H2,1-5H3,(H2,24,25,26);1H. The molecule has 0 aliphatic rings. The van der Waals surface area contributed by atoms with Crippen molar-refractivity contribution in [2.45, 2.75) is 26.8 Å². The molecule has 0 aliphatic carbocycles. The van der Waals surface area contributed by atoms with Gasteiger partial charge in [0.05, 0.1) is 27.9 Å². The molecule has 0 aliphatic heterocycles. The summed E-state index contributed by atoms with van der Waals surface area (Å²) in [6, 6.07) is 11.5. The SMILES string of the molecule is CCNC(=NCc1ccc(OC)c(C(=O)OC)c1)NCCc1cc(C)ccc1OC.I. The predicted molar refractivity (Wildman–Crippen MR) is 134 cm³/mol. The lowest BCUT2D eigenvalue weighted by Gasteiger charge is -2.13. The molecular formula is C23H32IN3O4. The van der Waals surface area contributed by atoms with Gasteiger partial charge in [0, 0.05) is 13.1 Å². The van der Waals surface area contributed by atoms with Gasteiger partial charge in [-0.3, -0.25) is 0 Å². The molecule has 0 atom stereocenters. The van der Waals surface area contributed by atoms with Gasteiger partial charge in [-0.15, -0.1) is 24.0 Å². The van der Waals surface area contributed by atoms with E-state index in [1.165, 1.54) is 19.8 Å². The maximum Gasteiger partial charge on any atom is 0.341 e. The molecule has 0 amide bonds. The summed E-state index contributed by atoms with van der Waals surface area (Å²) in [7, 11) is 4.56. The lowest BCUT2D eigenvalue weighted by molar-refractivity contribution is 0.0597. The molecular weight excluding hydrogens is 509 g/mol. The van der Waals surface area contributed by atoms with Crippen molar-refractivity contribution in [1.29, 1.82) is 0 Å². The molecule has 0 saturated carbocycles. The molecule has 2 aromatic carbocycles. The number of ether oxygens (including phenoxy) is 3. The lowest BCUT2D eigenvalue weighted by atomic mass is 10.1. The molecule has 0 heterocycles. The number of methoxy groups -OCH3 is 3. The molecule has 0 spiro atoms. The van der Waals surface area contributed by atoms with Crippen LogP contribution in [-0.4, -0.2) is 46.3 Å². The number of hydrogen-bond donors (Lipinski definition) is 2. The summed E-state index contributed by atoms with van der Waals surface area (Å²) in [5.41, 5.74) is 3.62. The van der Waals surface area contributed by atoms with Gasteiger partial charge in [0.1, 0.15) is 17.1 Å². The number of guanidine groups is 1. The predicted octanol–water partition coefficient (Wildman–Crippen LogP) is 3.71. The first-order chi connectivity index (χ1) is 14.5. The fraction of sp³-hybridized carbons (Fsp3) is 0.391. The van der Waals surface area contributed by atoms with E-state index in [9.17, 15) is 4.79 Å². The van der Waals surface area contributed by atoms with Gasteiger partial charge in [0.25, 0.3) is 0 Å². The van der Waals surface area contributed by atoms with Gasteiger partial charge < -0.3 is 24.8 Å². The van der Waals surface area contributed by atoms with E-state index in [2.05, 4.69) is 28.6 Å². The minimum Gasteiger partial charge on any atom is -0.496 e. The number of carbonyl (C=O) groups is 1. The van der Waals surface area contributed by atoms with Crippen LogP contribution in [0.3, 0.4) is 0 Å². The summed E-state index contributed by atoms with van der Waals surface area (Å²) in [5.74, 6) is 1.64. The number of nitrogens with one attached hydrogen (secondary N) is 2. The Labute approximate surface area is 201 Å². The van der Waals surface area contributed by atoms with Gasteiger partial charge in [-0.1, -0.05) is 23.8 Å². The van der Waals surface area contributed by atoms with Crippen molar-refractivity contribution >= 4 is 35.9 Å². The van der Waals surface area contributed by atoms with E-state index >= 15 is 0 Å². The average Bonchev–Trinajstić information content (AvgIpc) is 2.76. The second-order valence-electron chi connectivity index (χ2n) is 6.71. The third kappa shape index (κ3) is 7.93. The van der Waals surface area contributed by atoms with E-state index in [0.717, 1.165) is 29.8 Å². The minimum atomic E-state index is -0.435. The number of nitrogens with zero attached hydrogens (tertiary/aromatic N) is 1. The van der Waals surface area contributed by atoms with E-state index in [1.807, 2.05) is 25.1 Å². The van der Waals surface area contributed by atoms with Gasteiger partial charge in [-0.2, -0.15) is 0 Å². The van der Waals surface area contributed by atoms with E-state index in [0.29, 0.717) is 30.4 Å². The van der Waals surface area contributed by atoms with E-state index in [1.54, 1.807) is 19.2 Å². The van der Waals surface area contributed by atoms with Crippen LogP contribution in [-0.2, 0) is 17.7 Å². The Morgan fingerprint density at radius 3 is 2.35 bits per heavy atom. The highest BCUT2D eigenvalue weighted by Crippen LogP contribution is 2.21. The fourth-order valence-corrected chi connectivity index (χ4v) is 3.05. The third-order valence-corrected chi connectivity index (χ3v) is 4.56. The Kier molecular flexibility index (Phi) is 11.8. The molecule has 170 valence electrons. The van der Waals surface area contributed by atoms with Gasteiger partial charge >= 0.3 is 5.97 Å². The Bertz CT molecular complexity index is 887. The quantitative estimate of drug-likeness (QED) is 0.218. The molecule has 8 heteroatoms. The third-order valence-electron chi connectivity index (χ3n) is 4.56. The molecule has 0 bridgehead atoms. The highest BCUT2D eigenvalue weighted by molar-refractivity contribution is 14.0. The van der Waals surface area contributed by atoms with Crippen molar-refractivity contribution in [3.05, 3.63) is 58.7 Å². The van der Waals surface area contributed by atoms with Crippen molar-refractivity contribution < 1.29 is 19.0 Å². The minimum absolute atomic E-state index is 0. The zero-order valence-corrected chi connectivity index (χ0v) is 21.1. The summed E-state index contributed by atoms with van der Waals surface area (Å²) >= 11 is 0. The summed E-state index contributed by atoms with van der Waals surface area (Å²) in [4.78, 5) is 16.6. The number of hydrogen-bond acceptors (Lipinski definition) is 5. The number of esters is 1.